The van der Waals surface area contributed by atoms with E-state index in [-0.39, 0.29) is 5.54 Å². The summed E-state index contributed by atoms with van der Waals surface area (Å²) in [4.78, 5) is 4.35. The minimum Gasteiger partial charge on any atom is -0.331 e. The fraction of sp³-hybridized carbons (Fsp3) is 0.885. The number of hydrogen-bond acceptors (Lipinski definition) is 1. The Morgan fingerprint density at radius 3 is 1.57 bits per heavy atom. The van der Waals surface area contributed by atoms with Gasteiger partial charge >= 0.3 is 0 Å². The summed E-state index contributed by atoms with van der Waals surface area (Å²) in [5, 5.41) is 0. The quantitative estimate of drug-likeness (QED) is 0.216. The minimum absolute atomic E-state index is 0.224. The Morgan fingerprint density at radius 2 is 1.18 bits per heavy atom. The molecular weight excluding hydrogens is 340 g/mol. The molecule has 0 fully saturated rings. The van der Waals surface area contributed by atoms with E-state index >= 15 is 0 Å². The fourth-order valence-corrected chi connectivity index (χ4v) is 4.71. The van der Waals surface area contributed by atoms with Crippen molar-refractivity contribution in [2.24, 2.45) is 5.92 Å². The predicted octanol–water partition coefficient (Wildman–Crippen LogP) is 8.91. The Balaban J connectivity index is 2.43. The highest BCUT2D eigenvalue weighted by molar-refractivity contribution is 4.93. The Morgan fingerprint density at radius 1 is 0.714 bits per heavy atom. The van der Waals surface area contributed by atoms with Gasteiger partial charge in [-0.3, -0.25) is 0 Å². The third-order valence-corrected chi connectivity index (χ3v) is 7.00. The molecule has 1 aromatic rings. The summed E-state index contributed by atoms with van der Waals surface area (Å²) in [6.45, 7) is 9.44. The Kier molecular flexibility index (Phi) is 14.5. The summed E-state index contributed by atoms with van der Waals surface area (Å²) in [5.74, 6) is 0.776. The minimum atomic E-state index is 0.224. The number of nitrogens with zero attached hydrogens (tertiary/aromatic N) is 2. The molecule has 1 rings (SSSR count). The first-order chi connectivity index (χ1) is 13.7. The van der Waals surface area contributed by atoms with Crippen molar-refractivity contribution in [3.8, 4) is 0 Å². The second kappa shape index (κ2) is 16.1. The van der Waals surface area contributed by atoms with Gasteiger partial charge in [0.05, 0.1) is 6.33 Å². The first-order valence-corrected chi connectivity index (χ1v) is 12.7. The van der Waals surface area contributed by atoms with Crippen molar-refractivity contribution in [3.63, 3.8) is 0 Å². The van der Waals surface area contributed by atoms with E-state index in [4.69, 9.17) is 0 Å². The van der Waals surface area contributed by atoms with Crippen molar-refractivity contribution in [1.82, 2.24) is 9.55 Å². The van der Waals surface area contributed by atoms with Gasteiger partial charge in [0.2, 0.25) is 0 Å². The van der Waals surface area contributed by atoms with Crippen molar-refractivity contribution in [2.75, 3.05) is 0 Å². The molecule has 2 heteroatoms. The van der Waals surface area contributed by atoms with Crippen LogP contribution in [0.2, 0.25) is 0 Å². The molecule has 0 N–H and O–H groups in total. The van der Waals surface area contributed by atoms with E-state index in [9.17, 15) is 0 Å². The molecule has 1 heterocycles. The van der Waals surface area contributed by atoms with Crippen LogP contribution in [0.15, 0.2) is 18.7 Å². The molecule has 0 radical (unpaired) electrons. The number of hydrogen-bond donors (Lipinski definition) is 0. The van der Waals surface area contributed by atoms with Gasteiger partial charge in [0, 0.05) is 17.9 Å². The SMILES string of the molecule is CCCCCCCCCCCC(CCCCCCC)C(C)(CC)n1ccnc1. The number of imidazole rings is 1. The van der Waals surface area contributed by atoms with Crippen LogP contribution in [0.25, 0.3) is 0 Å². The largest absolute Gasteiger partial charge is 0.331 e. The van der Waals surface area contributed by atoms with E-state index in [1.165, 1.54) is 109 Å². The van der Waals surface area contributed by atoms with Gasteiger partial charge in [-0.1, -0.05) is 111 Å². The van der Waals surface area contributed by atoms with Gasteiger partial charge in [0.1, 0.15) is 0 Å². The molecule has 164 valence electrons. The smallest absolute Gasteiger partial charge is 0.0951 e. The van der Waals surface area contributed by atoms with E-state index in [1.54, 1.807) is 0 Å². The molecule has 0 saturated carbocycles. The molecule has 0 saturated heterocycles. The van der Waals surface area contributed by atoms with Crippen molar-refractivity contribution >= 4 is 0 Å². The van der Waals surface area contributed by atoms with Crippen LogP contribution in [0.1, 0.15) is 137 Å². The van der Waals surface area contributed by atoms with Crippen molar-refractivity contribution in [2.45, 2.75) is 142 Å². The van der Waals surface area contributed by atoms with Crippen molar-refractivity contribution < 1.29 is 0 Å². The van der Waals surface area contributed by atoms with Crippen LogP contribution in [0.5, 0.6) is 0 Å². The summed E-state index contributed by atoms with van der Waals surface area (Å²) in [5.41, 5.74) is 0.224. The Bertz CT molecular complexity index is 439. The lowest BCUT2D eigenvalue weighted by Crippen LogP contribution is -2.37. The fourth-order valence-electron chi connectivity index (χ4n) is 4.71. The summed E-state index contributed by atoms with van der Waals surface area (Å²) < 4.78 is 2.40. The van der Waals surface area contributed by atoms with Gasteiger partial charge in [0.15, 0.2) is 0 Å². The predicted molar refractivity (Wildman–Crippen MR) is 125 cm³/mol. The Labute approximate surface area is 176 Å². The van der Waals surface area contributed by atoms with Gasteiger partial charge in [-0.05, 0) is 32.1 Å². The van der Waals surface area contributed by atoms with E-state index in [1.807, 2.05) is 12.5 Å². The molecule has 0 aromatic carbocycles. The van der Waals surface area contributed by atoms with Crippen LogP contribution < -0.4 is 0 Å². The van der Waals surface area contributed by atoms with Crippen LogP contribution in [0.4, 0.5) is 0 Å². The molecule has 2 nitrogen and oxygen atoms in total. The monoisotopic (exact) mass is 390 g/mol. The van der Waals surface area contributed by atoms with Gasteiger partial charge in [0.25, 0.3) is 0 Å². The van der Waals surface area contributed by atoms with Crippen LogP contribution in [0, 0.1) is 5.92 Å². The third kappa shape index (κ3) is 9.61. The van der Waals surface area contributed by atoms with Crippen molar-refractivity contribution in [3.05, 3.63) is 18.7 Å². The second-order valence-electron chi connectivity index (χ2n) is 9.20. The molecule has 28 heavy (non-hydrogen) atoms. The molecule has 0 spiro atoms. The first kappa shape index (κ1) is 25.2. The lowest BCUT2D eigenvalue weighted by atomic mass is 9.76. The highest BCUT2D eigenvalue weighted by atomic mass is 15.1. The summed E-state index contributed by atoms with van der Waals surface area (Å²) in [6, 6.07) is 0. The number of rotatable bonds is 19. The second-order valence-corrected chi connectivity index (χ2v) is 9.20. The zero-order valence-corrected chi connectivity index (χ0v) is 19.7. The van der Waals surface area contributed by atoms with Crippen LogP contribution in [-0.4, -0.2) is 9.55 Å². The zero-order valence-electron chi connectivity index (χ0n) is 19.7. The highest BCUT2D eigenvalue weighted by Gasteiger charge is 2.33. The van der Waals surface area contributed by atoms with Crippen molar-refractivity contribution in [1.29, 1.82) is 0 Å². The molecule has 0 amide bonds. The van der Waals surface area contributed by atoms with Gasteiger partial charge in [-0.25, -0.2) is 4.98 Å². The van der Waals surface area contributed by atoms with Gasteiger partial charge < -0.3 is 4.57 Å². The maximum Gasteiger partial charge on any atom is 0.0951 e. The van der Waals surface area contributed by atoms with E-state index in [2.05, 4.69) is 43.4 Å². The van der Waals surface area contributed by atoms with Crippen LogP contribution in [-0.2, 0) is 5.54 Å². The van der Waals surface area contributed by atoms with E-state index < -0.39 is 0 Å². The lowest BCUT2D eigenvalue weighted by Gasteiger charge is -2.39. The maximum atomic E-state index is 4.35. The summed E-state index contributed by atoms with van der Waals surface area (Å²) in [7, 11) is 0. The molecule has 0 aliphatic heterocycles. The maximum absolute atomic E-state index is 4.35. The number of unbranched alkanes of at least 4 members (excludes halogenated alkanes) is 12. The molecule has 0 aliphatic rings. The molecule has 0 bridgehead atoms. The van der Waals surface area contributed by atoms with Gasteiger partial charge in [-0.2, -0.15) is 0 Å². The van der Waals surface area contributed by atoms with Crippen LogP contribution >= 0.6 is 0 Å². The highest BCUT2D eigenvalue weighted by Crippen LogP contribution is 2.37. The lowest BCUT2D eigenvalue weighted by molar-refractivity contribution is 0.153. The first-order valence-electron chi connectivity index (χ1n) is 12.7. The normalized spacial score (nSPS) is 14.9. The summed E-state index contributed by atoms with van der Waals surface area (Å²) >= 11 is 0. The van der Waals surface area contributed by atoms with E-state index in [0.717, 1.165) is 5.92 Å². The third-order valence-electron chi connectivity index (χ3n) is 7.00. The standard InChI is InChI=1S/C26H50N2/c1-5-8-10-12-13-14-15-17-19-21-25(20-18-16-11-9-6-2)26(4,7-3)28-23-22-27-24-28/h22-25H,5-21H2,1-4H3. The van der Waals surface area contributed by atoms with Gasteiger partial charge in [-0.15, -0.1) is 0 Å². The summed E-state index contributed by atoms with van der Waals surface area (Å²) in [6.07, 6.45) is 29.9. The molecule has 0 aliphatic carbocycles. The molecule has 2 atom stereocenters. The van der Waals surface area contributed by atoms with Crippen LogP contribution in [0.3, 0.4) is 0 Å². The zero-order chi connectivity index (χ0) is 20.5. The topological polar surface area (TPSA) is 17.8 Å². The molecular formula is C26H50N2. The molecule has 1 aromatic heterocycles. The average molecular weight is 391 g/mol. The Hall–Kier alpha value is -0.790. The number of aromatic nitrogens is 2. The van der Waals surface area contributed by atoms with E-state index in [0.29, 0.717) is 0 Å². The average Bonchev–Trinajstić information content (AvgIpc) is 3.25. The molecule has 2 unspecified atom stereocenters.